The number of amides is 16. The minimum Gasteiger partial charge on any atom is -0.508 e. The number of aliphatic carboxylic acids is 2. The van der Waals surface area contributed by atoms with E-state index in [9.17, 15) is 78.3 Å². The Bertz CT molecular complexity index is 5290. The molecule has 6 aromatic rings. The Morgan fingerprint density at radius 3 is 1.84 bits per heavy atom. The van der Waals surface area contributed by atoms with Crippen molar-refractivity contribution in [3.8, 4) is 5.75 Å². The van der Waals surface area contributed by atoms with Gasteiger partial charge in [-0.1, -0.05) is 88.1 Å². The number of imidazole rings is 1. The average Bonchev–Trinajstić information content (AvgIpc) is 1.66. The number of carbonyl (C=O) groups is 19. The lowest BCUT2D eigenvalue weighted by Crippen LogP contribution is -2.61. The predicted octanol–water partition coefficient (Wildman–Crippen LogP) is -1.68. The van der Waals surface area contributed by atoms with Crippen LogP contribution in [-0.2, 0) is 117 Å². The Morgan fingerprint density at radius 2 is 1.17 bits per heavy atom. The Labute approximate surface area is 785 Å². The van der Waals surface area contributed by atoms with Crippen molar-refractivity contribution < 1.29 is 117 Å². The first kappa shape index (κ1) is 105. The highest BCUT2D eigenvalue weighted by Crippen LogP contribution is 2.31. The first-order valence-electron chi connectivity index (χ1n) is 44.6. The maximum absolute atomic E-state index is 15.7. The van der Waals surface area contributed by atoms with Crippen LogP contribution < -0.4 is 59.3 Å². The molecular formula is C90H119N19O24S2. The third kappa shape index (κ3) is 29.3. The van der Waals surface area contributed by atoms with E-state index in [2.05, 4.69) is 62.8 Å². The molecule has 0 bridgehead atoms. The molecule has 3 aliphatic heterocycles. The number of primary amides is 2. The summed E-state index contributed by atoms with van der Waals surface area (Å²) in [6.45, 7) is 2.15. The number of benzene rings is 3. The maximum atomic E-state index is 15.7. The number of thioether (sulfide) groups is 1. The second kappa shape index (κ2) is 50.1. The number of unbranched alkanes of at least 4 members (excludes halogenated alkanes) is 2. The predicted molar refractivity (Wildman–Crippen MR) is 490 cm³/mol. The lowest BCUT2D eigenvalue weighted by molar-refractivity contribution is -0.149. The molecule has 3 aromatic carbocycles. The fourth-order valence-electron chi connectivity index (χ4n) is 16.5. The van der Waals surface area contributed by atoms with Crippen LogP contribution in [0.2, 0.25) is 0 Å². The van der Waals surface area contributed by atoms with Crippen LogP contribution in [0.25, 0.3) is 21.0 Å². The molecular weight excluding hydrogens is 1800 g/mol. The SMILES string of the molecule is CCCC[C@H]1C(=O)N(C)[C@@H](CCCC)C(=O)N[C@@H](CCC(=O)O)C(=O)N[C@H](C(=O)NCC(N)=O)CSCC(=O)N[C@@H](Cc2ccc(O)cc2)C(=O)N(C)[C@@H](C)C(=O)N[C@@H](CC(=O)O)C(=O)N2CCC[C@H]2C(=O)N[C@@H](Cc2c[nH]cn2)C(=O)N[C@@H](CCC(N)=O)C(=O)N2C[C@H](O)C[C@H]2C(=O)C[C@@H](Cc2c[nH]c3ccccc23)C(=O)N[C@@H](CO)C(=O)N[C@@H](Cc2csc3ccccc23)C(=O)N1C. The van der Waals surface area contributed by atoms with Crippen molar-refractivity contribution >= 4 is 156 Å². The number of para-hydroxylation sites is 1. The number of ketones is 1. The normalized spacial score (nSPS) is 24.8. The molecule has 3 aliphatic rings. The molecule has 6 heterocycles. The largest absolute Gasteiger partial charge is 0.508 e. The smallest absolute Gasteiger partial charge is 0.305 e. The number of fused-ring (bicyclic) bond motifs is 4. The summed E-state index contributed by atoms with van der Waals surface area (Å²) >= 11 is 2.01. The number of carbonyl (C=O) groups excluding carboxylic acids is 17. The Morgan fingerprint density at radius 1 is 0.563 bits per heavy atom. The van der Waals surface area contributed by atoms with Crippen LogP contribution in [-0.4, -0.2) is 321 Å². The molecule has 730 valence electrons. The minimum absolute atomic E-state index is 0.0498. The molecule has 0 radical (unpaired) electrons. The number of carboxylic acid groups (broad SMARTS) is 2. The van der Waals surface area contributed by atoms with E-state index in [4.69, 9.17) is 11.5 Å². The molecule has 0 saturated carbocycles. The second-order valence-corrected chi connectivity index (χ2v) is 35.9. The summed E-state index contributed by atoms with van der Waals surface area (Å²) in [5.41, 5.74) is 13.2. The van der Waals surface area contributed by atoms with E-state index >= 15 is 38.4 Å². The van der Waals surface area contributed by atoms with Gasteiger partial charge in [0, 0.05) is 119 Å². The number of Topliss-reactive ketones (excluding diaryl/α,β-unsaturated/α-hetero) is 1. The average molecular weight is 1920 g/mol. The quantitative estimate of drug-likeness (QED) is 0.0288. The van der Waals surface area contributed by atoms with Crippen molar-refractivity contribution in [2.45, 2.75) is 227 Å². The van der Waals surface area contributed by atoms with E-state index in [1.54, 1.807) is 61.0 Å². The van der Waals surface area contributed by atoms with Crippen molar-refractivity contribution in [1.29, 1.82) is 0 Å². The summed E-state index contributed by atoms with van der Waals surface area (Å²) in [4.78, 5) is 289. The number of thiophene rings is 1. The second-order valence-electron chi connectivity index (χ2n) is 33.9. The number of aliphatic hydroxyl groups is 2. The summed E-state index contributed by atoms with van der Waals surface area (Å²) < 4.78 is 0.786. The third-order valence-electron chi connectivity index (χ3n) is 24.1. The van der Waals surface area contributed by atoms with E-state index in [0.717, 1.165) is 36.2 Å². The molecule has 3 aromatic heterocycles. The van der Waals surface area contributed by atoms with Crippen LogP contribution in [0.3, 0.4) is 0 Å². The van der Waals surface area contributed by atoms with Gasteiger partial charge in [0.1, 0.15) is 78.3 Å². The molecule has 0 aliphatic carbocycles. The lowest BCUT2D eigenvalue weighted by atomic mass is 9.90. The molecule has 135 heavy (non-hydrogen) atoms. The fraction of sp³-hybridized carbons (Fsp3) is 0.511. The van der Waals surface area contributed by atoms with Gasteiger partial charge in [0.15, 0.2) is 5.78 Å². The number of hydrogen-bond acceptors (Lipinski definition) is 25. The van der Waals surface area contributed by atoms with Gasteiger partial charge in [-0.2, -0.15) is 0 Å². The van der Waals surface area contributed by atoms with E-state index in [1.807, 2.05) is 13.0 Å². The van der Waals surface area contributed by atoms with Gasteiger partial charge in [0.25, 0.3) is 0 Å². The molecule has 3 fully saturated rings. The van der Waals surface area contributed by atoms with Gasteiger partial charge in [-0.15, -0.1) is 23.1 Å². The van der Waals surface area contributed by atoms with E-state index < -0.39 is 285 Å². The van der Waals surface area contributed by atoms with Crippen LogP contribution >= 0.6 is 23.1 Å². The lowest BCUT2D eigenvalue weighted by Gasteiger charge is -2.36. The molecule has 43 nitrogen and oxygen atoms in total. The van der Waals surface area contributed by atoms with Crippen LogP contribution in [0.15, 0.2) is 96.9 Å². The number of aliphatic hydroxyl groups excluding tert-OH is 2. The number of aromatic hydroxyl groups is 1. The summed E-state index contributed by atoms with van der Waals surface area (Å²) in [6, 6.07) is -2.07. The number of hydrogen-bond donors (Lipinski definition) is 18. The molecule has 3 saturated heterocycles. The number of nitrogens with zero attached hydrogens (tertiary/aromatic N) is 6. The molecule has 9 rings (SSSR count). The topological polar surface area (TPSA) is 646 Å². The highest BCUT2D eigenvalue weighted by molar-refractivity contribution is 8.00. The monoisotopic (exact) mass is 1910 g/mol. The molecule has 15 atom stereocenters. The van der Waals surface area contributed by atoms with Gasteiger partial charge in [-0.3, -0.25) is 91.1 Å². The number of H-pyrrole nitrogens is 2. The van der Waals surface area contributed by atoms with Gasteiger partial charge in [0.2, 0.25) is 94.5 Å². The van der Waals surface area contributed by atoms with Gasteiger partial charge >= 0.3 is 11.9 Å². The number of phenolic OH excluding ortho intramolecular Hbond substituents is 1. The molecule has 0 spiro atoms. The van der Waals surface area contributed by atoms with E-state index in [-0.39, 0.29) is 69.4 Å². The van der Waals surface area contributed by atoms with Crippen molar-refractivity contribution in [3.05, 3.63) is 119 Å². The van der Waals surface area contributed by atoms with Gasteiger partial charge in [0.05, 0.1) is 49.5 Å². The maximum Gasteiger partial charge on any atom is 0.305 e. The van der Waals surface area contributed by atoms with Crippen LogP contribution in [0.1, 0.15) is 139 Å². The number of likely N-dealkylation sites (N-methyl/N-ethyl adjacent to an activating group) is 3. The summed E-state index contributed by atoms with van der Waals surface area (Å²) in [5.74, 6) is -22.9. The van der Waals surface area contributed by atoms with E-state index in [0.29, 0.717) is 64.0 Å². The van der Waals surface area contributed by atoms with Crippen molar-refractivity contribution in [1.82, 2.24) is 87.3 Å². The fourth-order valence-corrected chi connectivity index (χ4v) is 18.3. The first-order chi connectivity index (χ1) is 64.3. The molecule has 20 N–H and O–H groups in total. The zero-order valence-electron chi connectivity index (χ0n) is 75.7. The highest BCUT2D eigenvalue weighted by Gasteiger charge is 2.47. The summed E-state index contributed by atoms with van der Waals surface area (Å²) in [7, 11) is 3.75. The number of carboxylic acids is 2. The van der Waals surface area contributed by atoms with Gasteiger partial charge in [-0.25, -0.2) is 4.98 Å². The zero-order chi connectivity index (χ0) is 98.6. The highest BCUT2D eigenvalue weighted by atomic mass is 32.2. The standard InChI is InChI=1S/C90H119N19O24S2/c1-7-9-19-67-84(127)98-59(28-30-76(117)118)81(124)104-66(80(123)95-41-74(92)115)45-134-46-75(116)97-62(32-49-23-25-54(111)26-24-49)86(129)105(4)48(3)78(121)101-64(38-77(119)120)89(132)108-31-15-21-68(108)85(128)100-61(36-53-40-93-47-96-53)82(125)99-60(27-29-73(91)114)88(131)109-42-55(112)37-70(109)71(113)35-50(33-51-39-94-58-18-13-11-16-56(51)58)79(122)103-65(43-110)83(126)102-63(34-52-44-135-72-22-14-12-17-57(52)72)87(130)107(6)69(20-10-8-2)90(133)106(67)5/h11-14,16-18,22-26,39-40,44,47-48,50,55,59-70,94,110-112H,7-10,15,19-21,27-38,41-43,45-46H2,1-6H3,(H2,91,114)(H2,92,115)(H,93,96)(H,95,123)(H,97,116)(H,98,127)(H,99,125)(H,100,128)(H,101,121)(H,102,126)(H,103,122)(H,104,124)(H,117,118)(H,119,120)/t48-,50+,55+,59-,60-,61-,62-,63-,64-,65-,66-,67-,68-,69-,70-/m0/s1. The van der Waals surface area contributed by atoms with Crippen LogP contribution in [0.5, 0.6) is 5.75 Å². The summed E-state index contributed by atoms with van der Waals surface area (Å²) in [5, 5.41) is 79.0. The number of aromatic nitrogens is 3. The number of aromatic amines is 2. The van der Waals surface area contributed by atoms with Crippen molar-refractivity contribution in [2.24, 2.45) is 17.4 Å². The number of rotatable bonds is 26. The van der Waals surface area contributed by atoms with Crippen molar-refractivity contribution in [3.63, 3.8) is 0 Å². The Kier molecular flexibility index (Phi) is 39.0. The van der Waals surface area contributed by atoms with Crippen LogP contribution in [0, 0.1) is 5.92 Å². The zero-order valence-corrected chi connectivity index (χ0v) is 77.4. The number of nitrogens with two attached hydrogens (primary N) is 2. The molecule has 45 heteroatoms. The van der Waals surface area contributed by atoms with Gasteiger partial charge in [-0.05, 0) is 104 Å². The Hall–Kier alpha value is -13.4. The number of nitrogens with one attached hydrogen (secondary N) is 11. The first-order valence-corrected chi connectivity index (χ1v) is 46.6. The third-order valence-corrected chi connectivity index (χ3v) is 26.1. The van der Waals surface area contributed by atoms with Gasteiger partial charge < -0.3 is 119 Å². The Balaban J connectivity index is 1.10. The number of phenols is 1. The molecule has 16 amide bonds. The minimum atomic E-state index is -1.95. The van der Waals surface area contributed by atoms with Crippen molar-refractivity contribution in [2.75, 3.05) is 58.9 Å². The van der Waals surface area contributed by atoms with Crippen LogP contribution in [0.4, 0.5) is 0 Å². The molecule has 0 unspecified atom stereocenters. The van der Waals surface area contributed by atoms with E-state index in [1.165, 1.54) is 69.1 Å². The summed E-state index contributed by atoms with van der Waals surface area (Å²) in [6.07, 6.45) is -1.92.